The zero-order valence-corrected chi connectivity index (χ0v) is 19.9. The van der Waals surface area contributed by atoms with Crippen molar-refractivity contribution in [2.45, 2.75) is 25.9 Å². The van der Waals surface area contributed by atoms with Gasteiger partial charge < -0.3 is 24.1 Å². The quantitative estimate of drug-likeness (QED) is 0.237. The molecule has 1 unspecified atom stereocenters. The number of nitrogens with zero attached hydrogens (tertiary/aromatic N) is 1. The van der Waals surface area contributed by atoms with Gasteiger partial charge in [-0.2, -0.15) is 0 Å². The third-order valence-electron chi connectivity index (χ3n) is 5.14. The molecule has 7 heteroatoms. The van der Waals surface area contributed by atoms with Crippen molar-refractivity contribution in [2.75, 3.05) is 19.5 Å². The van der Waals surface area contributed by atoms with E-state index in [0.717, 1.165) is 28.3 Å². The largest absolute Gasteiger partial charge is 0.497 e. The second kappa shape index (κ2) is 11.3. The van der Waals surface area contributed by atoms with Gasteiger partial charge in [-0.05, 0) is 79.7 Å². The molecule has 33 heavy (non-hydrogen) atoms. The minimum atomic E-state index is -0.385. The Bertz CT molecular complexity index is 1080. The highest BCUT2D eigenvalue weighted by Gasteiger charge is 2.25. The first-order chi connectivity index (χ1) is 15.9. The van der Waals surface area contributed by atoms with Gasteiger partial charge in [0.1, 0.15) is 11.5 Å². The minimum absolute atomic E-state index is 0.0761. The minimum Gasteiger partial charge on any atom is -0.497 e. The first-order valence-electron chi connectivity index (χ1n) is 10.5. The van der Waals surface area contributed by atoms with E-state index in [1.54, 1.807) is 37.6 Å². The number of anilines is 1. The molecule has 0 aliphatic heterocycles. The van der Waals surface area contributed by atoms with Gasteiger partial charge in [0.05, 0.1) is 38.6 Å². The molecule has 2 aromatic carbocycles. The number of hydrogen-bond acceptors (Lipinski definition) is 5. The lowest BCUT2D eigenvalue weighted by Gasteiger charge is -2.34. The molecule has 6 nitrogen and oxygen atoms in total. The number of benzene rings is 2. The van der Waals surface area contributed by atoms with Crippen molar-refractivity contribution < 1.29 is 18.7 Å². The van der Waals surface area contributed by atoms with Crippen LogP contribution in [0.4, 0.5) is 5.69 Å². The summed E-state index contributed by atoms with van der Waals surface area (Å²) in [5.41, 5.74) is 3.35. The molecule has 0 aliphatic rings. The van der Waals surface area contributed by atoms with Gasteiger partial charge in [0.2, 0.25) is 0 Å². The lowest BCUT2D eigenvalue weighted by molar-refractivity contribution is 0.0601. The fourth-order valence-corrected chi connectivity index (χ4v) is 3.77. The fourth-order valence-electron chi connectivity index (χ4n) is 3.46. The van der Waals surface area contributed by atoms with Gasteiger partial charge >= 0.3 is 5.97 Å². The predicted molar refractivity (Wildman–Crippen MR) is 133 cm³/mol. The molecule has 0 radical (unpaired) electrons. The summed E-state index contributed by atoms with van der Waals surface area (Å²) in [4.78, 5) is 13.8. The molecular formula is C26H28N2O4S. The van der Waals surface area contributed by atoms with E-state index in [4.69, 9.17) is 26.1 Å². The van der Waals surface area contributed by atoms with Crippen molar-refractivity contribution in [3.05, 3.63) is 96.0 Å². The van der Waals surface area contributed by atoms with Crippen LogP contribution in [0.1, 0.15) is 41.1 Å². The monoisotopic (exact) mass is 464 g/mol. The third kappa shape index (κ3) is 6.46. The molecule has 3 aromatic rings. The maximum atomic E-state index is 11.7. The van der Waals surface area contributed by atoms with Crippen molar-refractivity contribution in [1.82, 2.24) is 4.90 Å². The number of ether oxygens (including phenoxy) is 2. The van der Waals surface area contributed by atoms with Crippen LogP contribution in [0.2, 0.25) is 0 Å². The van der Waals surface area contributed by atoms with Crippen LogP contribution in [0.3, 0.4) is 0 Å². The smallest absolute Gasteiger partial charge is 0.337 e. The molecular weight excluding hydrogens is 436 g/mol. The number of nitrogens with one attached hydrogen (secondary N) is 1. The molecule has 1 atom stereocenters. The van der Waals surface area contributed by atoms with E-state index >= 15 is 0 Å². The Morgan fingerprint density at radius 1 is 1.12 bits per heavy atom. The summed E-state index contributed by atoms with van der Waals surface area (Å²) in [7, 11) is 3.01. The maximum absolute atomic E-state index is 11.7. The van der Waals surface area contributed by atoms with Crippen LogP contribution in [-0.2, 0) is 11.3 Å². The highest BCUT2D eigenvalue weighted by Crippen LogP contribution is 2.31. The van der Waals surface area contributed by atoms with Gasteiger partial charge in [0.15, 0.2) is 5.11 Å². The Labute approximate surface area is 199 Å². The molecule has 172 valence electrons. The zero-order valence-electron chi connectivity index (χ0n) is 19.0. The van der Waals surface area contributed by atoms with E-state index in [0.29, 0.717) is 23.6 Å². The third-order valence-corrected chi connectivity index (χ3v) is 5.48. The van der Waals surface area contributed by atoms with Gasteiger partial charge in [-0.15, -0.1) is 6.58 Å². The summed E-state index contributed by atoms with van der Waals surface area (Å²) in [5, 5.41) is 3.82. The fraction of sp³-hybridized carbons (Fsp3) is 0.231. The van der Waals surface area contributed by atoms with Crippen LogP contribution in [-0.4, -0.2) is 30.2 Å². The molecule has 1 heterocycles. The van der Waals surface area contributed by atoms with E-state index in [-0.39, 0.29) is 12.0 Å². The van der Waals surface area contributed by atoms with Crippen molar-refractivity contribution in [3.8, 4) is 5.75 Å². The number of thiocarbonyl (C=S) groups is 1. The van der Waals surface area contributed by atoms with Crippen molar-refractivity contribution in [2.24, 2.45) is 0 Å². The first kappa shape index (κ1) is 24.1. The van der Waals surface area contributed by atoms with Crippen LogP contribution >= 0.6 is 12.2 Å². The van der Waals surface area contributed by atoms with Crippen LogP contribution in [0, 0.1) is 0 Å². The van der Waals surface area contributed by atoms with Gasteiger partial charge in [-0.1, -0.05) is 17.7 Å². The second-order valence-corrected chi connectivity index (χ2v) is 8.04. The molecule has 1 aromatic heterocycles. The molecule has 0 saturated heterocycles. The summed E-state index contributed by atoms with van der Waals surface area (Å²) in [6, 6.07) is 18.6. The standard InChI is InChI=1S/C26H28N2O4S/c1-18(2)16-24(19-9-13-22(30-3)14-10-19)28(17-23-6-5-15-32-23)26(33)27-21-11-7-20(8-12-21)25(29)31-4/h5-15,24H,1,16-17H2,2-4H3,(H,27,33). The number of furan rings is 1. The van der Waals surface area contributed by atoms with Gasteiger partial charge in [-0.3, -0.25) is 0 Å². The highest BCUT2D eigenvalue weighted by atomic mass is 32.1. The summed E-state index contributed by atoms with van der Waals surface area (Å²) in [6.45, 7) is 6.61. The van der Waals surface area contributed by atoms with E-state index in [9.17, 15) is 4.79 Å². The van der Waals surface area contributed by atoms with E-state index in [2.05, 4.69) is 16.8 Å². The summed E-state index contributed by atoms with van der Waals surface area (Å²) >= 11 is 5.84. The van der Waals surface area contributed by atoms with Crippen molar-refractivity contribution in [3.63, 3.8) is 0 Å². The van der Waals surface area contributed by atoms with Gasteiger partial charge in [0, 0.05) is 5.69 Å². The molecule has 0 bridgehead atoms. The molecule has 0 fully saturated rings. The summed E-state index contributed by atoms with van der Waals surface area (Å²) < 4.78 is 15.7. The molecule has 0 aliphatic carbocycles. The zero-order chi connectivity index (χ0) is 23.8. The number of carbonyl (C=O) groups is 1. The number of esters is 1. The van der Waals surface area contributed by atoms with Crippen LogP contribution in [0.15, 0.2) is 83.5 Å². The lowest BCUT2D eigenvalue weighted by Crippen LogP contribution is -2.37. The van der Waals surface area contributed by atoms with Gasteiger partial charge in [0.25, 0.3) is 0 Å². The second-order valence-electron chi connectivity index (χ2n) is 7.66. The van der Waals surface area contributed by atoms with E-state index in [1.165, 1.54) is 7.11 Å². The number of carbonyl (C=O) groups excluding carboxylic acids is 1. The first-order valence-corrected chi connectivity index (χ1v) is 10.9. The summed E-state index contributed by atoms with van der Waals surface area (Å²) in [5.74, 6) is 1.20. The SMILES string of the molecule is C=C(C)CC(c1ccc(OC)cc1)N(Cc1ccco1)C(=S)Nc1ccc(C(=O)OC)cc1. The van der Waals surface area contributed by atoms with Crippen LogP contribution in [0.5, 0.6) is 5.75 Å². The molecule has 0 spiro atoms. The molecule has 1 N–H and O–H groups in total. The maximum Gasteiger partial charge on any atom is 0.337 e. The Morgan fingerprint density at radius 3 is 2.36 bits per heavy atom. The van der Waals surface area contributed by atoms with Crippen molar-refractivity contribution >= 4 is 29.0 Å². The van der Waals surface area contributed by atoms with Crippen LogP contribution < -0.4 is 10.1 Å². The van der Waals surface area contributed by atoms with Crippen molar-refractivity contribution in [1.29, 1.82) is 0 Å². The lowest BCUT2D eigenvalue weighted by atomic mass is 9.98. The number of methoxy groups -OCH3 is 2. The van der Waals surface area contributed by atoms with E-state index in [1.807, 2.05) is 43.3 Å². The Morgan fingerprint density at radius 2 is 1.82 bits per heavy atom. The van der Waals surface area contributed by atoms with Gasteiger partial charge in [-0.25, -0.2) is 4.79 Å². The predicted octanol–water partition coefficient (Wildman–Crippen LogP) is 5.98. The topological polar surface area (TPSA) is 63.9 Å². The van der Waals surface area contributed by atoms with E-state index < -0.39 is 0 Å². The average molecular weight is 465 g/mol. The number of rotatable bonds is 9. The summed E-state index contributed by atoms with van der Waals surface area (Å²) in [6.07, 6.45) is 2.35. The average Bonchev–Trinajstić information content (AvgIpc) is 3.34. The number of hydrogen-bond donors (Lipinski definition) is 1. The normalized spacial score (nSPS) is 11.4. The Balaban J connectivity index is 1.91. The Kier molecular flexibility index (Phi) is 8.27. The molecule has 3 rings (SSSR count). The highest BCUT2D eigenvalue weighted by molar-refractivity contribution is 7.80. The molecule has 0 amide bonds. The Hall–Kier alpha value is -3.58. The van der Waals surface area contributed by atoms with Crippen LogP contribution in [0.25, 0.3) is 0 Å². The molecule has 0 saturated carbocycles.